The molecule has 4 rings (SSSR count). The number of ether oxygens (including phenoxy) is 2. The van der Waals surface area contributed by atoms with Gasteiger partial charge in [-0.25, -0.2) is 14.8 Å². The third-order valence-electron chi connectivity index (χ3n) is 6.33. The van der Waals surface area contributed by atoms with Crippen molar-refractivity contribution in [3.63, 3.8) is 0 Å². The lowest BCUT2D eigenvalue weighted by Crippen LogP contribution is -2.42. The molecule has 2 aromatic rings. The van der Waals surface area contributed by atoms with Gasteiger partial charge in [0.15, 0.2) is 5.82 Å². The van der Waals surface area contributed by atoms with Crippen molar-refractivity contribution in [3.8, 4) is 11.6 Å². The molecule has 0 radical (unpaired) electrons. The second kappa shape index (κ2) is 10.5. The predicted octanol–water partition coefficient (Wildman–Crippen LogP) is 5.01. The number of anilines is 1. The molecule has 170 valence electrons. The highest BCUT2D eigenvalue weighted by atomic mass is 16.5. The lowest BCUT2D eigenvalue weighted by Gasteiger charge is -2.33. The van der Waals surface area contributed by atoms with Gasteiger partial charge >= 0.3 is 6.03 Å². The van der Waals surface area contributed by atoms with E-state index in [2.05, 4.69) is 46.5 Å². The van der Waals surface area contributed by atoms with Gasteiger partial charge < -0.3 is 14.4 Å². The number of carbonyl (C=O) groups excluding carboxylic acids is 1. The Bertz CT molecular complexity index is 938. The standard InChI is InChI=1S/C25H32N4O3/c1-18-16-29(25(30)28-23-14-27-24(31-2)15-26-23)11-10-21(18)12-20-8-5-9-22(13-20)32-17-19-6-3-4-7-19/h5,8-9,12-15,18-19H,3-4,6-7,10-11,16-17H2,1-2H3,(H,26,28,30). The average molecular weight is 437 g/mol. The first-order valence-electron chi connectivity index (χ1n) is 11.5. The molecule has 1 atom stereocenters. The molecule has 1 aromatic carbocycles. The van der Waals surface area contributed by atoms with Gasteiger partial charge in [0.2, 0.25) is 5.88 Å². The first-order valence-corrected chi connectivity index (χ1v) is 11.5. The number of hydrogen-bond donors (Lipinski definition) is 1. The Morgan fingerprint density at radius 2 is 2.09 bits per heavy atom. The Morgan fingerprint density at radius 3 is 2.81 bits per heavy atom. The molecule has 1 aliphatic heterocycles. The first kappa shape index (κ1) is 22.1. The number of carbonyl (C=O) groups is 1. The quantitative estimate of drug-likeness (QED) is 0.689. The van der Waals surface area contributed by atoms with Crippen LogP contribution in [0.1, 0.15) is 44.6 Å². The summed E-state index contributed by atoms with van der Waals surface area (Å²) in [7, 11) is 1.53. The highest BCUT2D eigenvalue weighted by molar-refractivity contribution is 5.88. The molecular weight excluding hydrogens is 404 g/mol. The second-order valence-electron chi connectivity index (χ2n) is 8.72. The fraction of sp³-hybridized carbons (Fsp3) is 0.480. The van der Waals surface area contributed by atoms with Gasteiger partial charge in [0.25, 0.3) is 0 Å². The SMILES string of the molecule is COc1cnc(NC(=O)N2CCC(=Cc3cccc(OCC4CCCC4)c3)C(C)C2)cn1. The topological polar surface area (TPSA) is 76.6 Å². The van der Waals surface area contributed by atoms with Crippen LogP contribution in [0.3, 0.4) is 0 Å². The largest absolute Gasteiger partial charge is 0.493 e. The molecule has 7 heteroatoms. The van der Waals surface area contributed by atoms with Gasteiger partial charge in [-0.1, -0.05) is 43.5 Å². The minimum absolute atomic E-state index is 0.155. The summed E-state index contributed by atoms with van der Waals surface area (Å²) in [5, 5.41) is 2.81. The van der Waals surface area contributed by atoms with E-state index < -0.39 is 0 Å². The van der Waals surface area contributed by atoms with E-state index in [1.807, 2.05) is 11.0 Å². The maximum atomic E-state index is 12.6. The van der Waals surface area contributed by atoms with Crippen molar-refractivity contribution in [1.82, 2.24) is 14.9 Å². The summed E-state index contributed by atoms with van der Waals surface area (Å²) in [5.74, 6) is 2.75. The molecule has 0 bridgehead atoms. The molecule has 0 spiro atoms. The first-order chi connectivity index (χ1) is 15.6. The van der Waals surface area contributed by atoms with E-state index in [1.165, 1.54) is 50.8 Å². The van der Waals surface area contributed by atoms with Gasteiger partial charge in [-0.2, -0.15) is 0 Å². The second-order valence-corrected chi connectivity index (χ2v) is 8.72. The van der Waals surface area contributed by atoms with Crippen molar-refractivity contribution in [2.45, 2.75) is 39.0 Å². The minimum atomic E-state index is -0.155. The molecule has 1 saturated heterocycles. The molecule has 1 N–H and O–H groups in total. The number of benzene rings is 1. The Kier molecular flexibility index (Phi) is 7.24. The summed E-state index contributed by atoms with van der Waals surface area (Å²) in [6, 6.07) is 8.17. The fourth-order valence-electron chi connectivity index (χ4n) is 4.42. The number of hydrogen-bond acceptors (Lipinski definition) is 5. The highest BCUT2D eigenvalue weighted by Crippen LogP contribution is 2.28. The third kappa shape index (κ3) is 5.78. The number of aromatic nitrogens is 2. The van der Waals surface area contributed by atoms with Crippen LogP contribution in [0.25, 0.3) is 6.08 Å². The molecule has 1 unspecified atom stereocenters. The van der Waals surface area contributed by atoms with Crippen LogP contribution in [-0.2, 0) is 0 Å². The number of nitrogens with one attached hydrogen (secondary N) is 1. The Morgan fingerprint density at radius 1 is 1.25 bits per heavy atom. The predicted molar refractivity (Wildman–Crippen MR) is 125 cm³/mol. The van der Waals surface area contributed by atoms with Gasteiger partial charge in [-0.15, -0.1) is 0 Å². The number of rotatable bonds is 6. The number of urea groups is 1. The van der Waals surface area contributed by atoms with Crippen LogP contribution in [0.15, 0.2) is 42.2 Å². The smallest absolute Gasteiger partial charge is 0.323 e. The molecule has 2 aliphatic rings. The van der Waals surface area contributed by atoms with Crippen LogP contribution in [0.2, 0.25) is 0 Å². The fourth-order valence-corrected chi connectivity index (χ4v) is 4.42. The summed E-state index contributed by atoms with van der Waals surface area (Å²) in [6.07, 6.45) is 11.3. The zero-order chi connectivity index (χ0) is 22.3. The molecule has 32 heavy (non-hydrogen) atoms. The number of nitrogens with zero attached hydrogens (tertiary/aromatic N) is 3. The summed E-state index contributed by atoms with van der Waals surface area (Å²) in [4.78, 5) is 22.7. The van der Waals surface area contributed by atoms with Crippen LogP contribution in [-0.4, -0.2) is 47.7 Å². The molecule has 1 saturated carbocycles. The zero-order valence-electron chi connectivity index (χ0n) is 18.9. The van der Waals surface area contributed by atoms with E-state index in [0.29, 0.717) is 30.7 Å². The van der Waals surface area contributed by atoms with Crippen molar-refractivity contribution < 1.29 is 14.3 Å². The van der Waals surface area contributed by atoms with Crippen LogP contribution >= 0.6 is 0 Å². The Labute approximate surface area is 189 Å². The molecule has 1 aromatic heterocycles. The molecule has 7 nitrogen and oxygen atoms in total. The van der Waals surface area contributed by atoms with Crippen molar-refractivity contribution in [3.05, 3.63) is 47.8 Å². The van der Waals surface area contributed by atoms with Gasteiger partial charge in [0.1, 0.15) is 5.75 Å². The zero-order valence-corrected chi connectivity index (χ0v) is 18.9. The van der Waals surface area contributed by atoms with Gasteiger partial charge in [-0.3, -0.25) is 5.32 Å². The van der Waals surface area contributed by atoms with Crippen LogP contribution in [0, 0.1) is 11.8 Å². The number of piperidine rings is 1. The Balaban J connectivity index is 1.32. The van der Waals surface area contributed by atoms with Crippen molar-refractivity contribution in [2.24, 2.45) is 11.8 Å². The summed E-state index contributed by atoms with van der Waals surface area (Å²) < 4.78 is 11.1. The summed E-state index contributed by atoms with van der Waals surface area (Å²) in [6.45, 7) is 4.32. The summed E-state index contributed by atoms with van der Waals surface area (Å²) >= 11 is 0. The van der Waals surface area contributed by atoms with Crippen LogP contribution in [0.4, 0.5) is 10.6 Å². The monoisotopic (exact) mass is 436 g/mol. The molecule has 2 amide bonds. The lowest BCUT2D eigenvalue weighted by molar-refractivity contribution is 0.197. The maximum absolute atomic E-state index is 12.6. The molecular formula is C25H32N4O3. The van der Waals surface area contributed by atoms with Gasteiger partial charge in [-0.05, 0) is 48.8 Å². The number of likely N-dealkylation sites (tertiary alicyclic amines) is 1. The molecule has 2 fully saturated rings. The van der Waals surface area contributed by atoms with E-state index in [0.717, 1.165) is 24.3 Å². The number of methoxy groups -OCH3 is 1. The van der Waals surface area contributed by atoms with E-state index in [-0.39, 0.29) is 11.9 Å². The Hall–Kier alpha value is -3.09. The number of amides is 2. The van der Waals surface area contributed by atoms with E-state index in [1.54, 1.807) is 0 Å². The summed E-state index contributed by atoms with van der Waals surface area (Å²) in [5.41, 5.74) is 2.51. The van der Waals surface area contributed by atoms with Crippen LogP contribution in [0.5, 0.6) is 11.6 Å². The van der Waals surface area contributed by atoms with E-state index in [9.17, 15) is 4.79 Å². The normalized spacial score (nSPS) is 20.4. The highest BCUT2D eigenvalue weighted by Gasteiger charge is 2.24. The van der Waals surface area contributed by atoms with Crippen molar-refractivity contribution >= 4 is 17.9 Å². The minimum Gasteiger partial charge on any atom is -0.493 e. The van der Waals surface area contributed by atoms with Gasteiger partial charge in [0.05, 0.1) is 26.1 Å². The average Bonchev–Trinajstić information content (AvgIpc) is 3.33. The molecule has 2 heterocycles. The van der Waals surface area contributed by atoms with Gasteiger partial charge in [0, 0.05) is 13.1 Å². The van der Waals surface area contributed by atoms with Crippen LogP contribution < -0.4 is 14.8 Å². The molecule has 1 aliphatic carbocycles. The lowest BCUT2D eigenvalue weighted by atomic mass is 9.91. The van der Waals surface area contributed by atoms with E-state index >= 15 is 0 Å². The van der Waals surface area contributed by atoms with E-state index in [4.69, 9.17) is 9.47 Å². The third-order valence-corrected chi connectivity index (χ3v) is 6.33. The maximum Gasteiger partial charge on any atom is 0.323 e. The van der Waals surface area contributed by atoms with Crippen molar-refractivity contribution in [1.29, 1.82) is 0 Å². The van der Waals surface area contributed by atoms with Crippen molar-refractivity contribution in [2.75, 3.05) is 32.1 Å².